The van der Waals surface area contributed by atoms with Crippen LogP contribution in [0.5, 0.6) is 0 Å². The second kappa shape index (κ2) is 7.38. The summed E-state index contributed by atoms with van der Waals surface area (Å²) in [6.07, 6.45) is 1.59. The van der Waals surface area contributed by atoms with Gasteiger partial charge in [0.05, 0.1) is 11.3 Å². The molecule has 6 nitrogen and oxygen atoms in total. The van der Waals surface area contributed by atoms with E-state index in [0.717, 1.165) is 5.56 Å². The summed E-state index contributed by atoms with van der Waals surface area (Å²) < 4.78 is 0.510. The van der Waals surface area contributed by atoms with Crippen LogP contribution in [0.1, 0.15) is 22.3 Å². The molecule has 1 saturated heterocycles. The number of nitrogens with zero attached hydrogens (tertiary/aromatic N) is 1. The largest absolute Gasteiger partial charge is 0.481 e. The molecule has 0 atom stereocenters. The predicted octanol–water partition coefficient (Wildman–Crippen LogP) is 1.72. The maximum Gasteiger partial charge on any atom is 0.305 e. The maximum atomic E-state index is 11.9. The van der Waals surface area contributed by atoms with Crippen LogP contribution in [0.3, 0.4) is 0 Å². The van der Waals surface area contributed by atoms with Gasteiger partial charge >= 0.3 is 5.97 Å². The molecule has 0 bridgehead atoms. The van der Waals surface area contributed by atoms with Crippen LogP contribution in [0.2, 0.25) is 0 Å². The molecule has 1 heterocycles. The third-order valence-electron chi connectivity index (χ3n) is 3.08. The van der Waals surface area contributed by atoms with E-state index in [4.69, 9.17) is 17.3 Å². The predicted molar refractivity (Wildman–Crippen MR) is 92.0 cm³/mol. The quantitative estimate of drug-likeness (QED) is 0.621. The first-order valence-electron chi connectivity index (χ1n) is 6.70. The number of carboxylic acids is 1. The van der Waals surface area contributed by atoms with Crippen molar-refractivity contribution in [2.75, 3.05) is 13.6 Å². The number of carbonyl (C=O) groups is 3. The van der Waals surface area contributed by atoms with Gasteiger partial charge < -0.3 is 10.4 Å². The highest BCUT2D eigenvalue weighted by Gasteiger charge is 2.28. The topological polar surface area (TPSA) is 86.7 Å². The Morgan fingerprint density at radius 3 is 2.52 bits per heavy atom. The number of carbonyl (C=O) groups excluding carboxylic acids is 2. The monoisotopic (exact) mass is 350 g/mol. The van der Waals surface area contributed by atoms with Crippen molar-refractivity contribution in [3.8, 4) is 0 Å². The number of aliphatic carboxylic acids is 1. The second-order valence-electron chi connectivity index (χ2n) is 4.76. The van der Waals surface area contributed by atoms with Crippen LogP contribution in [-0.4, -0.2) is 45.7 Å². The molecule has 1 aromatic carbocycles. The molecular weight excluding hydrogens is 336 g/mol. The first-order valence-corrected chi connectivity index (χ1v) is 7.92. The van der Waals surface area contributed by atoms with Crippen molar-refractivity contribution in [1.82, 2.24) is 10.2 Å². The lowest BCUT2D eigenvalue weighted by Gasteiger charge is -2.04. The molecule has 0 unspecified atom stereocenters. The lowest BCUT2D eigenvalue weighted by atomic mass is 10.1. The molecule has 0 spiro atoms. The van der Waals surface area contributed by atoms with E-state index in [1.807, 2.05) is 0 Å². The van der Waals surface area contributed by atoms with Crippen LogP contribution in [0.25, 0.3) is 6.08 Å². The van der Waals surface area contributed by atoms with Crippen molar-refractivity contribution in [1.29, 1.82) is 0 Å². The van der Waals surface area contributed by atoms with Crippen LogP contribution in [0.4, 0.5) is 0 Å². The van der Waals surface area contributed by atoms with Crippen molar-refractivity contribution >= 4 is 52.2 Å². The molecule has 120 valence electrons. The minimum Gasteiger partial charge on any atom is -0.481 e. The number of carboxylic acid groups (broad SMARTS) is 1. The molecule has 2 rings (SSSR count). The summed E-state index contributed by atoms with van der Waals surface area (Å²) in [5, 5.41) is 11.1. The van der Waals surface area contributed by atoms with Gasteiger partial charge in [-0.2, -0.15) is 0 Å². The van der Waals surface area contributed by atoms with Gasteiger partial charge in [0.15, 0.2) is 0 Å². The van der Waals surface area contributed by atoms with E-state index >= 15 is 0 Å². The third-order valence-corrected chi connectivity index (χ3v) is 4.57. The first kappa shape index (κ1) is 17.2. The molecule has 0 aromatic heterocycles. The highest BCUT2D eigenvalue weighted by molar-refractivity contribution is 8.26. The molecule has 23 heavy (non-hydrogen) atoms. The summed E-state index contributed by atoms with van der Waals surface area (Å²) in [6, 6.07) is 6.67. The van der Waals surface area contributed by atoms with Crippen LogP contribution >= 0.6 is 24.0 Å². The zero-order valence-corrected chi connectivity index (χ0v) is 13.9. The minimum atomic E-state index is -0.964. The van der Waals surface area contributed by atoms with E-state index < -0.39 is 5.97 Å². The Hall–Kier alpha value is -2.19. The van der Waals surface area contributed by atoms with Crippen LogP contribution in [0, 0.1) is 0 Å². The van der Waals surface area contributed by atoms with E-state index in [-0.39, 0.29) is 24.8 Å². The molecule has 0 aliphatic carbocycles. The summed E-state index contributed by atoms with van der Waals surface area (Å²) in [5.74, 6) is -1.44. The fraction of sp³-hybridized carbons (Fsp3) is 0.200. The highest BCUT2D eigenvalue weighted by Crippen LogP contribution is 2.31. The fourth-order valence-electron chi connectivity index (χ4n) is 1.81. The number of thioether (sulfide) groups is 1. The van der Waals surface area contributed by atoms with Gasteiger partial charge in [-0.05, 0) is 23.8 Å². The Bertz CT molecular complexity index is 698. The van der Waals surface area contributed by atoms with E-state index in [9.17, 15) is 14.4 Å². The molecule has 2 N–H and O–H groups in total. The van der Waals surface area contributed by atoms with E-state index in [1.54, 1.807) is 37.4 Å². The van der Waals surface area contributed by atoms with Crippen molar-refractivity contribution in [2.24, 2.45) is 0 Å². The van der Waals surface area contributed by atoms with Gasteiger partial charge in [0.2, 0.25) is 0 Å². The van der Waals surface area contributed by atoms with E-state index in [0.29, 0.717) is 14.8 Å². The Morgan fingerprint density at radius 1 is 1.35 bits per heavy atom. The maximum absolute atomic E-state index is 11.9. The number of hydrogen-bond acceptors (Lipinski definition) is 5. The lowest BCUT2D eigenvalue weighted by molar-refractivity contribution is -0.136. The second-order valence-corrected chi connectivity index (χ2v) is 6.44. The molecule has 1 aliphatic heterocycles. The number of rotatable bonds is 5. The van der Waals surface area contributed by atoms with E-state index in [1.165, 1.54) is 16.7 Å². The Kier molecular flexibility index (Phi) is 5.51. The SMILES string of the molecule is CN1C(=O)/C(=C/c2ccc(C(=O)NCCC(=O)O)cc2)SC1=S. The Balaban J connectivity index is 2.02. The Labute approximate surface area is 142 Å². The van der Waals surface area contributed by atoms with Crippen molar-refractivity contribution in [3.63, 3.8) is 0 Å². The zero-order valence-electron chi connectivity index (χ0n) is 12.2. The number of likely N-dealkylation sites (N-methyl/N-ethyl adjacent to an activating group) is 1. The smallest absolute Gasteiger partial charge is 0.305 e. The molecule has 1 fully saturated rings. The van der Waals surface area contributed by atoms with Crippen LogP contribution in [0.15, 0.2) is 29.2 Å². The number of hydrogen-bond donors (Lipinski definition) is 2. The number of amides is 2. The minimum absolute atomic E-state index is 0.0783. The van der Waals surface area contributed by atoms with Crippen molar-refractivity contribution < 1.29 is 19.5 Å². The molecular formula is C15H14N2O4S2. The van der Waals surface area contributed by atoms with Gasteiger partial charge in [-0.3, -0.25) is 19.3 Å². The summed E-state index contributed by atoms with van der Waals surface area (Å²) in [4.78, 5) is 36.1. The van der Waals surface area contributed by atoms with Crippen LogP contribution < -0.4 is 5.32 Å². The summed E-state index contributed by atoms with van der Waals surface area (Å²) >= 11 is 6.29. The normalized spacial score (nSPS) is 16.0. The van der Waals surface area contributed by atoms with Crippen molar-refractivity contribution in [3.05, 3.63) is 40.3 Å². The fourth-order valence-corrected chi connectivity index (χ4v) is 2.99. The summed E-state index contributed by atoms with van der Waals surface area (Å²) in [6.45, 7) is 0.0783. The van der Waals surface area contributed by atoms with Gasteiger partial charge in [0.25, 0.3) is 11.8 Å². The third kappa shape index (κ3) is 4.40. The number of nitrogens with one attached hydrogen (secondary N) is 1. The Morgan fingerprint density at radius 2 is 2.00 bits per heavy atom. The summed E-state index contributed by atoms with van der Waals surface area (Å²) in [7, 11) is 1.63. The van der Waals surface area contributed by atoms with E-state index in [2.05, 4.69) is 5.32 Å². The molecule has 0 radical (unpaired) electrons. The van der Waals surface area contributed by atoms with Crippen molar-refractivity contribution in [2.45, 2.75) is 6.42 Å². The van der Waals surface area contributed by atoms with Crippen LogP contribution in [-0.2, 0) is 9.59 Å². The number of thiocarbonyl (C=S) groups is 1. The standard InChI is InChI=1S/C15H14N2O4S2/c1-17-14(21)11(23-15(17)22)8-9-2-4-10(5-3-9)13(20)16-7-6-12(18)19/h2-5,8H,6-7H2,1H3,(H,16,20)(H,18,19)/b11-8-. The first-order chi connectivity index (χ1) is 10.9. The van der Waals surface area contributed by atoms with Gasteiger partial charge in [0.1, 0.15) is 4.32 Å². The molecule has 0 saturated carbocycles. The summed E-state index contributed by atoms with van der Waals surface area (Å²) in [5.41, 5.74) is 1.21. The van der Waals surface area contributed by atoms with Gasteiger partial charge in [-0.25, -0.2) is 0 Å². The molecule has 2 amide bonds. The zero-order chi connectivity index (χ0) is 17.0. The molecule has 8 heteroatoms. The van der Waals surface area contributed by atoms with Gasteiger partial charge in [-0.15, -0.1) is 0 Å². The average molecular weight is 350 g/mol. The average Bonchev–Trinajstić information content (AvgIpc) is 2.75. The molecule has 1 aliphatic rings. The van der Waals surface area contributed by atoms with Gasteiger partial charge in [-0.1, -0.05) is 36.1 Å². The van der Waals surface area contributed by atoms with Gasteiger partial charge in [0, 0.05) is 19.2 Å². The highest BCUT2D eigenvalue weighted by atomic mass is 32.2. The number of benzene rings is 1. The lowest BCUT2D eigenvalue weighted by Crippen LogP contribution is -2.25. The molecule has 1 aromatic rings.